The van der Waals surface area contributed by atoms with Gasteiger partial charge in [-0.25, -0.2) is 4.39 Å². The Kier molecular flexibility index (Phi) is 7.92. The number of benzene rings is 1. The van der Waals surface area contributed by atoms with Gasteiger partial charge in [-0.15, -0.1) is 0 Å². The van der Waals surface area contributed by atoms with E-state index in [9.17, 15) is 14.0 Å². The highest BCUT2D eigenvalue weighted by atomic mass is 19.1. The van der Waals surface area contributed by atoms with Crippen LogP contribution in [0.25, 0.3) is 0 Å². The van der Waals surface area contributed by atoms with Gasteiger partial charge in [0.05, 0.1) is 17.7 Å². The quantitative estimate of drug-likeness (QED) is 0.373. The van der Waals surface area contributed by atoms with Gasteiger partial charge in [0.2, 0.25) is 5.91 Å². The van der Waals surface area contributed by atoms with Crippen molar-refractivity contribution in [3.8, 4) is 0 Å². The minimum atomic E-state index is -0.967. The molecular formula is C29H44FN7O2. The van der Waals surface area contributed by atoms with Gasteiger partial charge in [0.1, 0.15) is 6.17 Å². The lowest BCUT2D eigenvalue weighted by Crippen LogP contribution is -2.89. The van der Waals surface area contributed by atoms with E-state index in [0.717, 1.165) is 70.4 Å². The number of amides is 2. The molecule has 1 saturated carbocycles. The molecule has 9 nitrogen and oxygen atoms in total. The van der Waals surface area contributed by atoms with Crippen molar-refractivity contribution in [2.24, 2.45) is 17.6 Å². The molecule has 5 fully saturated rings. The van der Waals surface area contributed by atoms with Crippen LogP contribution >= 0.6 is 0 Å². The number of nitrogens with one attached hydrogen (secondary N) is 4. The number of nitrogens with two attached hydrogens (primary N) is 1. The lowest BCUT2D eigenvalue weighted by molar-refractivity contribution is -0.218. The fourth-order valence-electron chi connectivity index (χ4n) is 7.96. The van der Waals surface area contributed by atoms with E-state index >= 15 is 0 Å². The van der Waals surface area contributed by atoms with E-state index in [-0.39, 0.29) is 30.3 Å². The molecule has 214 valence electrons. The molecule has 39 heavy (non-hydrogen) atoms. The number of nitrogens with zero attached hydrogens (tertiary/aromatic N) is 2. The minimum Gasteiger partial charge on any atom is -0.351 e. The second-order valence-electron chi connectivity index (χ2n) is 12.1. The minimum absolute atomic E-state index is 0.0293. The van der Waals surface area contributed by atoms with E-state index in [1.165, 1.54) is 6.42 Å². The Hall–Kier alpha value is -2.11. The lowest BCUT2D eigenvalue weighted by atomic mass is 9.64. The monoisotopic (exact) mass is 541 g/mol. The van der Waals surface area contributed by atoms with Crippen molar-refractivity contribution in [2.75, 3.05) is 52.4 Å². The van der Waals surface area contributed by atoms with Crippen molar-refractivity contribution in [1.82, 2.24) is 31.1 Å². The number of alkyl halides is 1. The molecule has 0 spiro atoms. The Balaban J connectivity index is 1.17. The van der Waals surface area contributed by atoms with E-state index in [1.807, 2.05) is 21.9 Å². The average Bonchev–Trinajstić information content (AvgIpc) is 2.98. The molecule has 6 unspecified atom stereocenters. The van der Waals surface area contributed by atoms with Crippen LogP contribution < -0.4 is 27.0 Å². The Morgan fingerprint density at radius 3 is 2.46 bits per heavy atom. The van der Waals surface area contributed by atoms with Crippen molar-refractivity contribution < 1.29 is 14.0 Å². The van der Waals surface area contributed by atoms with Gasteiger partial charge in [-0.05, 0) is 49.4 Å². The van der Waals surface area contributed by atoms with Crippen LogP contribution in [0.15, 0.2) is 24.3 Å². The standard InChI is InChI=1S/C29H44FN7O2/c30-22-16-34-29(21-4-2-1-3-5-21)25(26(31)37(29)18-22)27(38)35-24-17-33-11-10-23(24)19-6-8-20(9-7-19)28(39)36-14-12-32-13-15-36/h6-9,21-26,32-34H,1-5,10-18,31H2,(H,35,38). The van der Waals surface area contributed by atoms with Crippen molar-refractivity contribution >= 4 is 11.8 Å². The Labute approximate surface area is 230 Å². The number of hydrogen-bond donors (Lipinski definition) is 5. The molecule has 1 aromatic carbocycles. The fourth-order valence-corrected chi connectivity index (χ4v) is 7.96. The molecule has 0 bridgehead atoms. The lowest BCUT2D eigenvalue weighted by Gasteiger charge is -2.68. The summed E-state index contributed by atoms with van der Waals surface area (Å²) >= 11 is 0. The molecule has 5 aliphatic rings. The third-order valence-corrected chi connectivity index (χ3v) is 9.96. The molecule has 6 atom stereocenters. The second-order valence-corrected chi connectivity index (χ2v) is 12.1. The number of piperazine rings is 1. The van der Waals surface area contributed by atoms with Gasteiger partial charge in [-0.1, -0.05) is 31.4 Å². The fraction of sp³-hybridized carbons (Fsp3) is 0.724. The molecule has 2 amide bonds. The summed E-state index contributed by atoms with van der Waals surface area (Å²) < 4.78 is 14.4. The van der Waals surface area contributed by atoms with Crippen molar-refractivity contribution in [3.63, 3.8) is 0 Å². The summed E-state index contributed by atoms with van der Waals surface area (Å²) in [5, 5.41) is 13.6. The number of halogens is 1. The number of carbonyl (C=O) groups excluding carboxylic acids is 2. The summed E-state index contributed by atoms with van der Waals surface area (Å²) in [7, 11) is 0. The van der Waals surface area contributed by atoms with Crippen LogP contribution in [0.4, 0.5) is 4.39 Å². The van der Waals surface area contributed by atoms with Crippen LogP contribution in [0.2, 0.25) is 0 Å². The number of piperidine rings is 1. The van der Waals surface area contributed by atoms with E-state index < -0.39 is 23.9 Å². The summed E-state index contributed by atoms with van der Waals surface area (Å²) in [6.07, 6.45) is 5.05. The van der Waals surface area contributed by atoms with Gasteiger partial charge in [0, 0.05) is 63.3 Å². The molecule has 0 radical (unpaired) electrons. The molecule has 1 aliphatic carbocycles. The van der Waals surface area contributed by atoms with E-state index in [4.69, 9.17) is 5.73 Å². The first-order chi connectivity index (χ1) is 19.0. The first-order valence-corrected chi connectivity index (χ1v) is 15.0. The maximum Gasteiger partial charge on any atom is 0.253 e. The van der Waals surface area contributed by atoms with Crippen molar-refractivity contribution in [1.29, 1.82) is 0 Å². The Morgan fingerprint density at radius 2 is 1.72 bits per heavy atom. The highest BCUT2D eigenvalue weighted by molar-refractivity contribution is 5.94. The molecule has 6 N–H and O–H groups in total. The summed E-state index contributed by atoms with van der Waals surface area (Å²) in [5.74, 6) is 0.0831. The van der Waals surface area contributed by atoms with E-state index in [2.05, 4.69) is 33.4 Å². The zero-order chi connectivity index (χ0) is 27.0. The largest absolute Gasteiger partial charge is 0.351 e. The first kappa shape index (κ1) is 27.1. The maximum absolute atomic E-state index is 14.4. The van der Waals surface area contributed by atoms with Crippen LogP contribution in [0.3, 0.4) is 0 Å². The zero-order valence-electron chi connectivity index (χ0n) is 22.8. The number of hydrogen-bond acceptors (Lipinski definition) is 7. The smallest absolute Gasteiger partial charge is 0.253 e. The Bertz CT molecular complexity index is 1020. The van der Waals surface area contributed by atoms with Crippen LogP contribution in [0, 0.1) is 11.8 Å². The Morgan fingerprint density at radius 1 is 0.974 bits per heavy atom. The SMILES string of the molecule is NC1C(C(=O)NC2CNCCC2c2ccc(C(=O)N3CCNCC3)cc2)C2(C3CCCCC3)NCC(F)CN12. The molecule has 10 heteroatoms. The predicted molar refractivity (Wildman–Crippen MR) is 148 cm³/mol. The topological polar surface area (TPSA) is 115 Å². The molecule has 4 heterocycles. The van der Waals surface area contributed by atoms with Gasteiger partial charge in [-0.3, -0.25) is 19.8 Å². The molecule has 6 rings (SSSR count). The summed E-state index contributed by atoms with van der Waals surface area (Å²) in [5.41, 5.74) is 7.89. The predicted octanol–water partition coefficient (Wildman–Crippen LogP) is 0.728. The highest BCUT2D eigenvalue weighted by Crippen LogP contribution is 2.50. The van der Waals surface area contributed by atoms with Crippen LogP contribution in [0.5, 0.6) is 0 Å². The molecule has 4 aliphatic heterocycles. The van der Waals surface area contributed by atoms with Gasteiger partial charge < -0.3 is 26.6 Å². The zero-order valence-corrected chi connectivity index (χ0v) is 22.8. The van der Waals surface area contributed by atoms with Crippen LogP contribution in [0.1, 0.15) is 60.4 Å². The van der Waals surface area contributed by atoms with Crippen molar-refractivity contribution in [3.05, 3.63) is 35.4 Å². The van der Waals surface area contributed by atoms with E-state index in [0.29, 0.717) is 24.6 Å². The van der Waals surface area contributed by atoms with Gasteiger partial charge in [0.25, 0.3) is 5.91 Å². The summed E-state index contributed by atoms with van der Waals surface area (Å²) in [4.78, 5) is 30.8. The number of rotatable bonds is 5. The van der Waals surface area contributed by atoms with Gasteiger partial charge in [0.15, 0.2) is 0 Å². The van der Waals surface area contributed by atoms with Crippen LogP contribution in [-0.4, -0.2) is 98.0 Å². The normalized spacial score (nSPS) is 36.1. The van der Waals surface area contributed by atoms with Crippen molar-refractivity contribution in [2.45, 2.75) is 68.5 Å². The van der Waals surface area contributed by atoms with Crippen LogP contribution in [-0.2, 0) is 4.79 Å². The number of carbonyl (C=O) groups is 2. The molecule has 1 aromatic rings. The second kappa shape index (κ2) is 11.4. The third kappa shape index (κ3) is 4.99. The molecule has 4 saturated heterocycles. The molecule has 0 aromatic heterocycles. The molecular weight excluding hydrogens is 497 g/mol. The third-order valence-electron chi connectivity index (χ3n) is 9.96. The first-order valence-electron chi connectivity index (χ1n) is 15.0. The number of fused-ring (bicyclic) bond motifs is 1. The average molecular weight is 542 g/mol. The van der Waals surface area contributed by atoms with Gasteiger partial charge >= 0.3 is 0 Å². The maximum atomic E-state index is 14.4. The van der Waals surface area contributed by atoms with E-state index in [1.54, 1.807) is 0 Å². The summed E-state index contributed by atoms with van der Waals surface area (Å²) in [6, 6.07) is 7.88. The summed E-state index contributed by atoms with van der Waals surface area (Å²) in [6.45, 7) is 5.24. The highest BCUT2D eigenvalue weighted by Gasteiger charge is 2.67. The van der Waals surface area contributed by atoms with Gasteiger partial charge in [-0.2, -0.15) is 0 Å².